The van der Waals surface area contributed by atoms with E-state index in [1.807, 2.05) is 43.3 Å². The standard InChI is InChI=1S/C15H15BrClNO/c1-9-7-14(19-2)12(8-13(9)16)15(18)10-3-5-11(17)6-4-10/h3-8,15H,18H2,1-2H3. The maximum absolute atomic E-state index is 6.32. The molecule has 2 aromatic carbocycles. The Balaban J connectivity index is 2.45. The van der Waals surface area contributed by atoms with Gasteiger partial charge in [-0.1, -0.05) is 39.7 Å². The summed E-state index contributed by atoms with van der Waals surface area (Å²) in [6.07, 6.45) is 0. The Hall–Kier alpha value is -1.03. The van der Waals surface area contributed by atoms with E-state index in [0.29, 0.717) is 5.02 Å². The lowest BCUT2D eigenvalue weighted by Gasteiger charge is -2.17. The number of nitrogens with two attached hydrogens (primary N) is 1. The number of aryl methyl sites for hydroxylation is 1. The molecule has 100 valence electrons. The summed E-state index contributed by atoms with van der Waals surface area (Å²) in [6.45, 7) is 2.02. The average Bonchev–Trinajstić information content (AvgIpc) is 2.41. The first-order valence-corrected chi connectivity index (χ1v) is 7.05. The fourth-order valence-corrected chi connectivity index (χ4v) is 2.43. The van der Waals surface area contributed by atoms with E-state index in [1.165, 1.54) is 0 Å². The highest BCUT2D eigenvalue weighted by molar-refractivity contribution is 9.10. The van der Waals surface area contributed by atoms with Crippen LogP contribution in [0.1, 0.15) is 22.7 Å². The van der Waals surface area contributed by atoms with E-state index in [2.05, 4.69) is 15.9 Å². The van der Waals surface area contributed by atoms with Crippen molar-refractivity contribution < 1.29 is 4.74 Å². The Bertz CT molecular complexity index is 583. The molecule has 4 heteroatoms. The molecule has 2 aromatic rings. The van der Waals surface area contributed by atoms with Crippen LogP contribution in [0.2, 0.25) is 5.02 Å². The summed E-state index contributed by atoms with van der Waals surface area (Å²) in [6, 6.07) is 11.3. The van der Waals surface area contributed by atoms with Crippen LogP contribution in [0.3, 0.4) is 0 Å². The maximum Gasteiger partial charge on any atom is 0.124 e. The SMILES string of the molecule is COc1cc(C)c(Br)cc1C(N)c1ccc(Cl)cc1. The van der Waals surface area contributed by atoms with E-state index in [-0.39, 0.29) is 6.04 Å². The first-order valence-electron chi connectivity index (χ1n) is 5.88. The Labute approximate surface area is 126 Å². The van der Waals surface area contributed by atoms with Crippen molar-refractivity contribution in [1.29, 1.82) is 0 Å². The molecule has 0 aliphatic rings. The molecule has 0 fully saturated rings. The van der Waals surface area contributed by atoms with Crippen LogP contribution in [0.4, 0.5) is 0 Å². The first-order chi connectivity index (χ1) is 9.02. The molecule has 0 heterocycles. The smallest absolute Gasteiger partial charge is 0.124 e. The van der Waals surface area contributed by atoms with Crippen LogP contribution in [0, 0.1) is 6.92 Å². The molecule has 1 unspecified atom stereocenters. The minimum absolute atomic E-state index is 0.246. The highest BCUT2D eigenvalue weighted by Gasteiger charge is 2.15. The van der Waals surface area contributed by atoms with Gasteiger partial charge in [-0.15, -0.1) is 0 Å². The average molecular weight is 341 g/mol. The predicted octanol–water partition coefficient (Wildman–Crippen LogP) is 4.47. The molecule has 0 aromatic heterocycles. The number of halogens is 2. The first kappa shape index (κ1) is 14.4. The summed E-state index contributed by atoms with van der Waals surface area (Å²) in [5.41, 5.74) is 9.38. The lowest BCUT2D eigenvalue weighted by molar-refractivity contribution is 0.407. The fourth-order valence-electron chi connectivity index (χ4n) is 1.94. The highest BCUT2D eigenvalue weighted by atomic mass is 79.9. The molecule has 0 aliphatic carbocycles. The van der Waals surface area contributed by atoms with Gasteiger partial charge in [-0.05, 0) is 42.3 Å². The second-order valence-corrected chi connectivity index (χ2v) is 5.66. The zero-order valence-corrected chi connectivity index (χ0v) is 13.1. The lowest BCUT2D eigenvalue weighted by atomic mass is 9.98. The van der Waals surface area contributed by atoms with Crippen LogP contribution in [0.15, 0.2) is 40.9 Å². The van der Waals surface area contributed by atoms with Crippen molar-refractivity contribution in [2.45, 2.75) is 13.0 Å². The molecule has 0 aliphatic heterocycles. The largest absolute Gasteiger partial charge is 0.496 e. The molecule has 2 N–H and O–H groups in total. The van der Waals surface area contributed by atoms with Gasteiger partial charge in [0.2, 0.25) is 0 Å². The second kappa shape index (κ2) is 5.95. The zero-order chi connectivity index (χ0) is 14.0. The molecular weight excluding hydrogens is 326 g/mol. The lowest BCUT2D eigenvalue weighted by Crippen LogP contribution is -2.13. The summed E-state index contributed by atoms with van der Waals surface area (Å²) in [5, 5.41) is 0.702. The van der Waals surface area contributed by atoms with Crippen molar-refractivity contribution in [2.24, 2.45) is 5.73 Å². The molecule has 0 saturated heterocycles. The van der Waals surface area contributed by atoms with Gasteiger partial charge in [-0.25, -0.2) is 0 Å². The molecular formula is C15H15BrClNO. The van der Waals surface area contributed by atoms with Crippen LogP contribution < -0.4 is 10.5 Å². The topological polar surface area (TPSA) is 35.2 Å². The van der Waals surface area contributed by atoms with Gasteiger partial charge in [0.25, 0.3) is 0 Å². The van der Waals surface area contributed by atoms with Crippen molar-refractivity contribution in [1.82, 2.24) is 0 Å². The number of hydrogen-bond donors (Lipinski definition) is 1. The van der Waals surface area contributed by atoms with E-state index >= 15 is 0 Å². The quantitative estimate of drug-likeness (QED) is 0.895. The number of ether oxygens (including phenoxy) is 1. The van der Waals surface area contributed by atoms with Crippen molar-refractivity contribution >= 4 is 27.5 Å². The number of methoxy groups -OCH3 is 1. The Morgan fingerprint density at radius 2 is 1.84 bits per heavy atom. The molecule has 0 amide bonds. The monoisotopic (exact) mass is 339 g/mol. The van der Waals surface area contributed by atoms with E-state index in [1.54, 1.807) is 7.11 Å². The number of rotatable bonds is 3. The van der Waals surface area contributed by atoms with Gasteiger partial charge in [0.05, 0.1) is 13.2 Å². The second-order valence-electron chi connectivity index (χ2n) is 4.37. The molecule has 1 atom stereocenters. The Kier molecular flexibility index (Phi) is 4.50. The van der Waals surface area contributed by atoms with Crippen LogP contribution in [0.5, 0.6) is 5.75 Å². The van der Waals surface area contributed by atoms with Gasteiger partial charge in [-0.3, -0.25) is 0 Å². The fraction of sp³-hybridized carbons (Fsp3) is 0.200. The molecule has 2 rings (SSSR count). The predicted molar refractivity (Wildman–Crippen MR) is 82.9 cm³/mol. The van der Waals surface area contributed by atoms with E-state index in [9.17, 15) is 0 Å². The molecule has 0 spiro atoms. The van der Waals surface area contributed by atoms with Crippen LogP contribution in [-0.2, 0) is 0 Å². The third-order valence-electron chi connectivity index (χ3n) is 3.08. The number of benzene rings is 2. The van der Waals surface area contributed by atoms with Crippen LogP contribution in [0.25, 0.3) is 0 Å². The highest BCUT2D eigenvalue weighted by Crippen LogP contribution is 2.33. The van der Waals surface area contributed by atoms with Gasteiger partial charge in [0.15, 0.2) is 0 Å². The summed E-state index contributed by atoms with van der Waals surface area (Å²) in [5.74, 6) is 0.795. The number of hydrogen-bond acceptors (Lipinski definition) is 2. The molecule has 0 radical (unpaired) electrons. The van der Waals surface area contributed by atoms with Gasteiger partial charge in [0.1, 0.15) is 5.75 Å². The van der Waals surface area contributed by atoms with Gasteiger partial charge in [0, 0.05) is 15.1 Å². The van der Waals surface area contributed by atoms with Crippen molar-refractivity contribution in [2.75, 3.05) is 7.11 Å². The summed E-state index contributed by atoms with van der Waals surface area (Å²) in [7, 11) is 1.65. The van der Waals surface area contributed by atoms with Crippen molar-refractivity contribution in [3.8, 4) is 5.75 Å². The molecule has 19 heavy (non-hydrogen) atoms. The normalized spacial score (nSPS) is 12.3. The Morgan fingerprint density at radius 1 is 1.21 bits per heavy atom. The van der Waals surface area contributed by atoms with Gasteiger partial charge in [-0.2, -0.15) is 0 Å². The van der Waals surface area contributed by atoms with Gasteiger partial charge < -0.3 is 10.5 Å². The van der Waals surface area contributed by atoms with E-state index in [0.717, 1.165) is 26.9 Å². The Morgan fingerprint density at radius 3 is 2.42 bits per heavy atom. The summed E-state index contributed by atoms with van der Waals surface area (Å²) < 4.78 is 6.44. The van der Waals surface area contributed by atoms with Gasteiger partial charge >= 0.3 is 0 Å². The summed E-state index contributed by atoms with van der Waals surface area (Å²) in [4.78, 5) is 0. The zero-order valence-electron chi connectivity index (χ0n) is 10.8. The van der Waals surface area contributed by atoms with Crippen LogP contribution in [-0.4, -0.2) is 7.11 Å². The van der Waals surface area contributed by atoms with E-state index in [4.69, 9.17) is 22.1 Å². The van der Waals surface area contributed by atoms with E-state index < -0.39 is 0 Å². The van der Waals surface area contributed by atoms with Crippen molar-refractivity contribution in [3.05, 3.63) is 62.6 Å². The summed E-state index contributed by atoms with van der Waals surface area (Å²) >= 11 is 9.42. The molecule has 0 saturated carbocycles. The molecule has 0 bridgehead atoms. The third-order valence-corrected chi connectivity index (χ3v) is 4.18. The van der Waals surface area contributed by atoms with Crippen molar-refractivity contribution in [3.63, 3.8) is 0 Å². The third kappa shape index (κ3) is 3.11. The maximum atomic E-state index is 6.32. The van der Waals surface area contributed by atoms with Crippen LogP contribution >= 0.6 is 27.5 Å². The minimum Gasteiger partial charge on any atom is -0.496 e. The molecule has 2 nitrogen and oxygen atoms in total. The minimum atomic E-state index is -0.246.